The molecule has 0 aromatic carbocycles. The van der Waals surface area contributed by atoms with Crippen molar-refractivity contribution < 1.29 is 9.90 Å². The highest BCUT2D eigenvalue weighted by Crippen LogP contribution is 2.14. The molecule has 1 saturated heterocycles. The quantitative estimate of drug-likeness (QED) is 0.684. The van der Waals surface area contributed by atoms with Crippen molar-refractivity contribution in [1.29, 1.82) is 0 Å². The lowest BCUT2D eigenvalue weighted by atomic mass is 10.1. The van der Waals surface area contributed by atoms with Gasteiger partial charge in [0, 0.05) is 37.6 Å². The Morgan fingerprint density at radius 1 is 1.53 bits per heavy atom. The molecule has 1 fully saturated rings. The first-order chi connectivity index (χ1) is 7.27. The zero-order valence-electron chi connectivity index (χ0n) is 8.13. The molecule has 1 unspecified atom stereocenters. The van der Waals surface area contributed by atoms with E-state index in [0.29, 0.717) is 19.6 Å². The van der Waals surface area contributed by atoms with Crippen LogP contribution in [0.4, 0.5) is 4.79 Å². The van der Waals surface area contributed by atoms with E-state index in [2.05, 4.69) is 15.3 Å². The van der Waals surface area contributed by atoms with Crippen LogP contribution in [0.15, 0.2) is 18.7 Å². The van der Waals surface area contributed by atoms with Gasteiger partial charge in [0.05, 0.1) is 6.04 Å². The van der Waals surface area contributed by atoms with Crippen molar-refractivity contribution in [2.45, 2.75) is 6.04 Å². The summed E-state index contributed by atoms with van der Waals surface area (Å²) in [6.45, 7) is 1.63. The molecule has 1 atom stereocenters. The second-order valence-electron chi connectivity index (χ2n) is 3.41. The summed E-state index contributed by atoms with van der Waals surface area (Å²) in [4.78, 5) is 20.0. The number of hydrogen-bond acceptors (Lipinski definition) is 4. The topological polar surface area (TPSA) is 78.4 Å². The Morgan fingerprint density at radius 2 is 2.27 bits per heavy atom. The number of amides is 1. The Balaban J connectivity index is 2.08. The minimum atomic E-state index is -0.877. The Morgan fingerprint density at radius 3 is 2.93 bits per heavy atom. The molecule has 0 saturated carbocycles. The number of hydrogen-bond donors (Lipinski definition) is 2. The molecule has 1 aromatic heterocycles. The van der Waals surface area contributed by atoms with E-state index in [1.807, 2.05) is 0 Å². The summed E-state index contributed by atoms with van der Waals surface area (Å²) in [5, 5.41) is 12.1. The second kappa shape index (κ2) is 4.22. The number of carboxylic acid groups (broad SMARTS) is 1. The minimum Gasteiger partial charge on any atom is -0.465 e. The molecule has 0 bridgehead atoms. The van der Waals surface area contributed by atoms with Crippen LogP contribution in [0.3, 0.4) is 0 Å². The third-order valence-electron chi connectivity index (χ3n) is 2.43. The lowest BCUT2D eigenvalue weighted by molar-refractivity contribution is 0.129. The lowest BCUT2D eigenvalue weighted by Crippen LogP contribution is -2.47. The molecule has 1 aliphatic rings. The van der Waals surface area contributed by atoms with E-state index in [0.717, 1.165) is 5.56 Å². The number of nitrogens with one attached hydrogen (secondary N) is 1. The van der Waals surface area contributed by atoms with Crippen LogP contribution in [0, 0.1) is 0 Å². The van der Waals surface area contributed by atoms with Crippen molar-refractivity contribution in [3.63, 3.8) is 0 Å². The van der Waals surface area contributed by atoms with Gasteiger partial charge in [0.15, 0.2) is 0 Å². The maximum Gasteiger partial charge on any atom is 0.407 e. The maximum atomic E-state index is 10.8. The molecule has 2 N–H and O–H groups in total. The highest BCUT2D eigenvalue weighted by molar-refractivity contribution is 5.65. The third kappa shape index (κ3) is 2.21. The van der Waals surface area contributed by atoms with Crippen molar-refractivity contribution in [3.8, 4) is 0 Å². The summed E-state index contributed by atoms with van der Waals surface area (Å²) in [7, 11) is 0. The second-order valence-corrected chi connectivity index (χ2v) is 3.41. The Bertz CT molecular complexity index is 343. The summed E-state index contributed by atoms with van der Waals surface area (Å²) in [6, 6.07) is -0.00366. The molecule has 80 valence electrons. The van der Waals surface area contributed by atoms with Gasteiger partial charge in [-0.05, 0) is 0 Å². The maximum absolute atomic E-state index is 10.8. The van der Waals surface area contributed by atoms with Crippen LogP contribution in [-0.2, 0) is 0 Å². The smallest absolute Gasteiger partial charge is 0.407 e. The van der Waals surface area contributed by atoms with Crippen LogP contribution in [-0.4, -0.2) is 45.7 Å². The SMILES string of the molecule is O=C(O)N1CCNC(c2cncnc2)C1. The first-order valence-electron chi connectivity index (χ1n) is 4.73. The molecular formula is C9H12N4O2. The van der Waals surface area contributed by atoms with Gasteiger partial charge >= 0.3 is 6.09 Å². The average molecular weight is 208 g/mol. The number of carbonyl (C=O) groups is 1. The predicted molar refractivity (Wildman–Crippen MR) is 52.4 cm³/mol. The summed E-state index contributed by atoms with van der Waals surface area (Å²) in [6.07, 6.45) is 3.99. The Labute approximate surface area is 87.0 Å². The first kappa shape index (κ1) is 9.85. The normalized spacial score (nSPS) is 21.3. The Kier molecular flexibility index (Phi) is 2.77. The summed E-state index contributed by atoms with van der Waals surface area (Å²) in [5.74, 6) is 0. The van der Waals surface area contributed by atoms with E-state index in [1.165, 1.54) is 11.2 Å². The van der Waals surface area contributed by atoms with Crippen molar-refractivity contribution in [3.05, 3.63) is 24.3 Å². The van der Waals surface area contributed by atoms with Crippen molar-refractivity contribution in [2.75, 3.05) is 19.6 Å². The fourth-order valence-corrected chi connectivity index (χ4v) is 1.64. The van der Waals surface area contributed by atoms with E-state index in [1.54, 1.807) is 12.4 Å². The number of aromatic nitrogens is 2. The van der Waals surface area contributed by atoms with Gasteiger partial charge in [-0.15, -0.1) is 0 Å². The predicted octanol–water partition coefficient (Wildman–Crippen LogP) is 0.101. The van der Waals surface area contributed by atoms with Crippen LogP contribution in [0.2, 0.25) is 0 Å². The summed E-state index contributed by atoms with van der Waals surface area (Å²) < 4.78 is 0. The highest BCUT2D eigenvalue weighted by atomic mass is 16.4. The standard InChI is InChI=1S/C9H12N4O2/c14-9(15)13-2-1-12-8(5-13)7-3-10-6-11-4-7/h3-4,6,8,12H,1-2,5H2,(H,14,15). The van der Waals surface area contributed by atoms with Gasteiger partial charge in [-0.1, -0.05) is 0 Å². The van der Waals surface area contributed by atoms with E-state index in [-0.39, 0.29) is 6.04 Å². The van der Waals surface area contributed by atoms with Gasteiger partial charge in [-0.3, -0.25) is 0 Å². The number of nitrogens with zero attached hydrogens (tertiary/aromatic N) is 3. The van der Waals surface area contributed by atoms with Gasteiger partial charge in [-0.25, -0.2) is 14.8 Å². The molecule has 0 radical (unpaired) electrons. The van der Waals surface area contributed by atoms with E-state index >= 15 is 0 Å². The Hall–Kier alpha value is -1.69. The van der Waals surface area contributed by atoms with Gasteiger partial charge < -0.3 is 15.3 Å². The van der Waals surface area contributed by atoms with Gasteiger partial charge in [0.2, 0.25) is 0 Å². The van der Waals surface area contributed by atoms with Gasteiger partial charge in [0.1, 0.15) is 6.33 Å². The van der Waals surface area contributed by atoms with Crippen LogP contribution >= 0.6 is 0 Å². The first-order valence-corrected chi connectivity index (χ1v) is 4.73. The minimum absolute atomic E-state index is 0.00366. The van der Waals surface area contributed by atoms with E-state index in [4.69, 9.17) is 5.11 Å². The number of rotatable bonds is 1. The van der Waals surface area contributed by atoms with E-state index in [9.17, 15) is 4.79 Å². The van der Waals surface area contributed by atoms with Gasteiger partial charge in [0.25, 0.3) is 0 Å². The molecule has 6 nitrogen and oxygen atoms in total. The molecule has 2 heterocycles. The third-order valence-corrected chi connectivity index (χ3v) is 2.43. The fourth-order valence-electron chi connectivity index (χ4n) is 1.64. The van der Waals surface area contributed by atoms with Crippen LogP contribution in [0.25, 0.3) is 0 Å². The largest absolute Gasteiger partial charge is 0.465 e. The monoisotopic (exact) mass is 208 g/mol. The molecule has 1 aromatic rings. The highest BCUT2D eigenvalue weighted by Gasteiger charge is 2.23. The van der Waals surface area contributed by atoms with Crippen LogP contribution in [0.1, 0.15) is 11.6 Å². The molecule has 0 spiro atoms. The summed E-state index contributed by atoms with van der Waals surface area (Å²) in [5.41, 5.74) is 0.920. The zero-order chi connectivity index (χ0) is 10.7. The van der Waals surface area contributed by atoms with Crippen molar-refractivity contribution in [1.82, 2.24) is 20.2 Å². The average Bonchev–Trinajstić information content (AvgIpc) is 2.30. The molecule has 1 amide bonds. The van der Waals surface area contributed by atoms with Crippen molar-refractivity contribution in [2.24, 2.45) is 0 Å². The molecule has 2 rings (SSSR count). The van der Waals surface area contributed by atoms with E-state index < -0.39 is 6.09 Å². The molecule has 15 heavy (non-hydrogen) atoms. The molecule has 1 aliphatic heterocycles. The van der Waals surface area contributed by atoms with Gasteiger partial charge in [-0.2, -0.15) is 0 Å². The van der Waals surface area contributed by atoms with Crippen LogP contribution < -0.4 is 5.32 Å². The number of piperazine rings is 1. The molecule has 6 heteroatoms. The van der Waals surface area contributed by atoms with Crippen molar-refractivity contribution >= 4 is 6.09 Å². The zero-order valence-corrected chi connectivity index (χ0v) is 8.13. The molecule has 0 aliphatic carbocycles. The van der Waals surface area contributed by atoms with Crippen LogP contribution in [0.5, 0.6) is 0 Å². The molecular weight excluding hydrogens is 196 g/mol. The summed E-state index contributed by atoms with van der Waals surface area (Å²) >= 11 is 0. The lowest BCUT2D eigenvalue weighted by Gasteiger charge is -2.31. The fraction of sp³-hybridized carbons (Fsp3) is 0.444.